The molecule has 0 radical (unpaired) electrons. The second-order valence-corrected chi connectivity index (χ2v) is 11.7. The molecule has 1 amide bonds. The Labute approximate surface area is 230 Å². The number of hydrogen-bond acceptors (Lipinski definition) is 6. The molecule has 0 bridgehead atoms. The Balaban J connectivity index is 1.70. The molecule has 2 aromatic carbocycles. The van der Waals surface area contributed by atoms with Gasteiger partial charge in [0.05, 0.1) is 30.2 Å². The number of ether oxygens (including phenoxy) is 1. The van der Waals surface area contributed by atoms with Crippen molar-refractivity contribution >= 4 is 21.4 Å². The van der Waals surface area contributed by atoms with E-state index in [4.69, 9.17) is 4.74 Å². The highest BCUT2D eigenvalue weighted by Crippen LogP contribution is 2.32. The Kier molecular flexibility index (Phi) is 8.81. The van der Waals surface area contributed by atoms with Crippen LogP contribution in [0, 0.1) is 6.92 Å². The maximum atomic E-state index is 13.8. The van der Waals surface area contributed by atoms with E-state index in [2.05, 4.69) is 9.88 Å². The van der Waals surface area contributed by atoms with Crippen LogP contribution in [-0.2, 0) is 33.7 Å². The summed E-state index contributed by atoms with van der Waals surface area (Å²) in [5, 5.41) is 0. The van der Waals surface area contributed by atoms with Crippen molar-refractivity contribution in [2.45, 2.75) is 31.0 Å². The summed E-state index contributed by atoms with van der Waals surface area (Å²) in [6, 6.07) is 11.5. The summed E-state index contributed by atoms with van der Waals surface area (Å²) in [6.07, 6.45) is -3.03. The minimum atomic E-state index is -4.64. The molecule has 3 aromatic rings. The number of aromatic nitrogens is 1. The number of halogens is 3. The Morgan fingerprint density at radius 3 is 2.38 bits per heavy atom. The summed E-state index contributed by atoms with van der Waals surface area (Å²) in [5.41, 5.74) is -0.0298. The maximum absolute atomic E-state index is 13.8. The van der Waals surface area contributed by atoms with Crippen LogP contribution in [-0.4, -0.2) is 63.3 Å². The van der Waals surface area contributed by atoms with E-state index in [1.165, 1.54) is 42.5 Å². The molecule has 1 aromatic heterocycles. The van der Waals surface area contributed by atoms with Gasteiger partial charge in [-0.15, -0.1) is 0 Å². The van der Waals surface area contributed by atoms with Gasteiger partial charge in [0, 0.05) is 37.3 Å². The van der Waals surface area contributed by atoms with Crippen molar-refractivity contribution in [3.63, 3.8) is 0 Å². The number of aryl methyl sites for hydroxylation is 1. The summed E-state index contributed by atoms with van der Waals surface area (Å²) in [5.74, 6) is -0.777. The molecule has 1 aliphatic rings. The molecule has 8 nitrogen and oxygen atoms in total. The van der Waals surface area contributed by atoms with Gasteiger partial charge in [0.15, 0.2) is 9.84 Å². The highest BCUT2D eigenvalue weighted by molar-refractivity contribution is 7.90. The van der Waals surface area contributed by atoms with Gasteiger partial charge in [-0.25, -0.2) is 8.42 Å². The normalized spacial score (nSPS) is 14.7. The minimum Gasteiger partial charge on any atom is -0.379 e. The van der Waals surface area contributed by atoms with Gasteiger partial charge in [-0.3, -0.25) is 14.5 Å². The summed E-state index contributed by atoms with van der Waals surface area (Å²) in [4.78, 5) is 32.8. The Bertz CT molecular complexity index is 1530. The number of aromatic amines is 1. The molecule has 0 saturated carbocycles. The number of amides is 1. The number of anilines is 1. The highest BCUT2D eigenvalue weighted by Gasteiger charge is 2.32. The number of nitrogens with one attached hydrogen (secondary N) is 1. The number of sulfone groups is 1. The average Bonchev–Trinajstić information content (AvgIpc) is 2.91. The molecule has 12 heteroatoms. The van der Waals surface area contributed by atoms with Crippen LogP contribution in [0.25, 0.3) is 0 Å². The summed E-state index contributed by atoms with van der Waals surface area (Å²) in [7, 11) is -3.47. The van der Waals surface area contributed by atoms with Crippen molar-refractivity contribution in [1.29, 1.82) is 0 Å². The molecule has 4 rings (SSSR count). The molecule has 1 N–H and O–H groups in total. The zero-order valence-corrected chi connectivity index (χ0v) is 22.9. The highest BCUT2D eigenvalue weighted by atomic mass is 32.2. The van der Waals surface area contributed by atoms with E-state index in [1.54, 1.807) is 6.92 Å². The number of carbonyl (C=O) groups is 1. The Hall–Kier alpha value is -3.48. The lowest BCUT2D eigenvalue weighted by molar-refractivity contribution is -0.137. The number of hydrogen-bond donors (Lipinski definition) is 1. The number of alkyl halides is 3. The van der Waals surface area contributed by atoms with Gasteiger partial charge in [0.1, 0.15) is 5.56 Å². The van der Waals surface area contributed by atoms with Crippen LogP contribution in [0.1, 0.15) is 32.7 Å². The number of rotatable bonds is 8. The molecular weight excluding hydrogens is 547 g/mol. The molecule has 0 unspecified atom stereocenters. The molecule has 0 atom stereocenters. The molecular formula is C28H30F3N3O5S. The average molecular weight is 578 g/mol. The number of pyridine rings is 1. The zero-order chi connectivity index (χ0) is 29.1. The summed E-state index contributed by atoms with van der Waals surface area (Å²) < 4.78 is 69.6. The monoisotopic (exact) mass is 577 g/mol. The fourth-order valence-corrected chi connectivity index (χ4v) is 5.12. The van der Waals surface area contributed by atoms with Crippen molar-refractivity contribution in [2.75, 3.05) is 44.0 Å². The van der Waals surface area contributed by atoms with Crippen molar-refractivity contribution in [2.24, 2.45) is 0 Å². The number of H-pyrrole nitrogens is 1. The van der Waals surface area contributed by atoms with Gasteiger partial charge in [-0.05, 0) is 60.9 Å². The predicted octanol–water partition coefficient (Wildman–Crippen LogP) is 3.83. The van der Waals surface area contributed by atoms with Gasteiger partial charge in [0.2, 0.25) is 0 Å². The van der Waals surface area contributed by atoms with E-state index >= 15 is 0 Å². The first-order chi connectivity index (χ1) is 18.8. The first kappa shape index (κ1) is 29.5. The lowest BCUT2D eigenvalue weighted by atomic mass is 10.1. The van der Waals surface area contributed by atoms with Crippen LogP contribution < -0.4 is 10.5 Å². The third-order valence-corrected chi connectivity index (χ3v) is 7.93. The predicted molar refractivity (Wildman–Crippen MR) is 144 cm³/mol. The van der Waals surface area contributed by atoms with Gasteiger partial charge < -0.3 is 14.6 Å². The fourth-order valence-electron chi connectivity index (χ4n) is 4.49. The molecule has 0 spiro atoms. The lowest BCUT2D eigenvalue weighted by Crippen LogP contribution is -2.38. The third kappa shape index (κ3) is 7.18. The van der Waals surface area contributed by atoms with Gasteiger partial charge in [-0.2, -0.15) is 13.2 Å². The fraction of sp³-hybridized carbons (Fsp3) is 0.357. The minimum absolute atomic E-state index is 0.0538. The Morgan fingerprint density at radius 1 is 1.07 bits per heavy atom. The molecule has 214 valence electrons. The number of nitrogens with zero attached hydrogens (tertiary/aromatic N) is 2. The first-order valence-electron chi connectivity index (χ1n) is 12.6. The topological polar surface area (TPSA) is 99.8 Å². The van der Waals surface area contributed by atoms with Gasteiger partial charge >= 0.3 is 6.18 Å². The Morgan fingerprint density at radius 2 is 1.75 bits per heavy atom. The number of benzene rings is 2. The molecule has 2 heterocycles. The maximum Gasteiger partial charge on any atom is 0.416 e. The van der Waals surface area contributed by atoms with E-state index in [-0.39, 0.29) is 22.7 Å². The van der Waals surface area contributed by atoms with Crippen LogP contribution in [0.3, 0.4) is 0 Å². The lowest BCUT2D eigenvalue weighted by Gasteiger charge is -2.27. The second-order valence-electron chi connectivity index (χ2n) is 9.72. The molecule has 1 aliphatic heterocycles. The van der Waals surface area contributed by atoms with E-state index in [1.807, 2.05) is 0 Å². The van der Waals surface area contributed by atoms with Crippen molar-refractivity contribution < 1.29 is 31.1 Å². The van der Waals surface area contributed by atoms with E-state index in [9.17, 15) is 31.2 Å². The molecule has 40 heavy (non-hydrogen) atoms. The third-order valence-electron chi connectivity index (χ3n) is 6.80. The van der Waals surface area contributed by atoms with E-state index < -0.39 is 33.0 Å². The smallest absolute Gasteiger partial charge is 0.379 e. The van der Waals surface area contributed by atoms with Gasteiger partial charge in [-0.1, -0.05) is 18.2 Å². The number of morpholine rings is 1. The zero-order valence-electron chi connectivity index (χ0n) is 22.1. The van der Waals surface area contributed by atoms with Crippen molar-refractivity contribution in [3.8, 4) is 0 Å². The van der Waals surface area contributed by atoms with Crippen molar-refractivity contribution in [1.82, 2.24) is 9.88 Å². The summed E-state index contributed by atoms with van der Waals surface area (Å²) >= 11 is 0. The quantitative estimate of drug-likeness (QED) is 0.437. The van der Waals surface area contributed by atoms with Crippen LogP contribution in [0.4, 0.5) is 18.9 Å². The van der Waals surface area contributed by atoms with Crippen LogP contribution in [0.15, 0.2) is 64.3 Å². The first-order valence-corrected chi connectivity index (χ1v) is 14.5. The van der Waals surface area contributed by atoms with E-state index in [0.29, 0.717) is 37.4 Å². The largest absolute Gasteiger partial charge is 0.416 e. The van der Waals surface area contributed by atoms with E-state index in [0.717, 1.165) is 41.9 Å². The standard InChI is InChI=1S/C28H30F3N3O5S/c1-19-21(10-11-33-12-14-39-15-13-33)16-25(26(35)32-19)27(36)34(23-5-3-4-22(17-23)28(29,30)31)18-20-6-8-24(9-7-20)40(2,37)38/h3-9,16-17H,10-15,18H2,1-2H3,(H,32,35). The molecule has 1 saturated heterocycles. The van der Waals surface area contributed by atoms with Gasteiger partial charge in [0.25, 0.3) is 11.5 Å². The van der Waals surface area contributed by atoms with Crippen molar-refractivity contribution in [3.05, 3.63) is 92.9 Å². The number of carbonyl (C=O) groups excluding carboxylic acids is 1. The van der Waals surface area contributed by atoms with Crippen LogP contribution >= 0.6 is 0 Å². The van der Waals surface area contributed by atoms with Crippen LogP contribution in [0.2, 0.25) is 0 Å². The van der Waals surface area contributed by atoms with Crippen LogP contribution in [0.5, 0.6) is 0 Å². The molecule has 0 aliphatic carbocycles. The molecule has 1 fully saturated rings. The second kappa shape index (κ2) is 11.9. The summed E-state index contributed by atoms with van der Waals surface area (Å²) in [6.45, 7) is 5.04. The SMILES string of the molecule is Cc1[nH]c(=O)c(C(=O)N(Cc2ccc(S(C)(=O)=O)cc2)c2cccc(C(F)(F)F)c2)cc1CCN1CCOCC1.